The SMILES string of the molecule is CC1CN(C(=O)Cn2cnc3c2c(=O)n(C)c(=O)n3C)CC1N(C)C. The molecular weight excluding hydrogens is 324 g/mol. The first-order valence-electron chi connectivity index (χ1n) is 8.27. The van der Waals surface area contributed by atoms with Crippen molar-refractivity contribution in [2.75, 3.05) is 27.2 Å². The Bertz CT molecular complexity index is 938. The molecule has 0 radical (unpaired) electrons. The Labute approximate surface area is 145 Å². The van der Waals surface area contributed by atoms with E-state index in [1.807, 2.05) is 19.0 Å². The largest absolute Gasteiger partial charge is 0.339 e. The fraction of sp³-hybridized carbons (Fsp3) is 0.625. The Morgan fingerprint density at radius 1 is 1.24 bits per heavy atom. The number of nitrogens with zero attached hydrogens (tertiary/aromatic N) is 6. The molecule has 2 unspecified atom stereocenters. The predicted molar refractivity (Wildman–Crippen MR) is 93.4 cm³/mol. The number of carbonyl (C=O) groups excluding carboxylic acids is 1. The lowest BCUT2D eigenvalue weighted by atomic mass is 10.1. The van der Waals surface area contributed by atoms with E-state index in [1.54, 1.807) is 7.05 Å². The Hall–Kier alpha value is -2.42. The molecule has 0 saturated carbocycles. The van der Waals surface area contributed by atoms with Gasteiger partial charge in [0.15, 0.2) is 11.2 Å². The highest BCUT2D eigenvalue weighted by molar-refractivity contribution is 5.79. The number of likely N-dealkylation sites (tertiary alicyclic amines) is 1. The molecule has 1 fully saturated rings. The Morgan fingerprint density at radius 3 is 2.52 bits per heavy atom. The van der Waals surface area contributed by atoms with Crippen LogP contribution in [0.2, 0.25) is 0 Å². The van der Waals surface area contributed by atoms with Crippen LogP contribution in [-0.4, -0.2) is 67.6 Å². The van der Waals surface area contributed by atoms with Crippen LogP contribution in [0.4, 0.5) is 0 Å². The summed E-state index contributed by atoms with van der Waals surface area (Å²) >= 11 is 0. The van der Waals surface area contributed by atoms with Crippen LogP contribution in [0, 0.1) is 5.92 Å². The number of hydrogen-bond acceptors (Lipinski definition) is 5. The smallest absolute Gasteiger partial charge is 0.332 e. The zero-order valence-corrected chi connectivity index (χ0v) is 15.3. The van der Waals surface area contributed by atoms with E-state index in [4.69, 9.17) is 0 Å². The minimum absolute atomic E-state index is 0.0385. The molecule has 25 heavy (non-hydrogen) atoms. The fourth-order valence-electron chi connectivity index (χ4n) is 3.59. The number of fused-ring (bicyclic) bond motifs is 1. The van der Waals surface area contributed by atoms with Crippen LogP contribution in [0.5, 0.6) is 0 Å². The molecule has 0 bridgehead atoms. The zero-order chi connectivity index (χ0) is 18.5. The number of amides is 1. The molecule has 2 atom stereocenters. The van der Waals surface area contributed by atoms with Gasteiger partial charge < -0.3 is 14.4 Å². The van der Waals surface area contributed by atoms with Gasteiger partial charge in [-0.3, -0.25) is 18.7 Å². The lowest BCUT2D eigenvalue weighted by Gasteiger charge is -2.22. The van der Waals surface area contributed by atoms with Crippen molar-refractivity contribution in [3.05, 3.63) is 27.2 Å². The molecule has 1 amide bonds. The van der Waals surface area contributed by atoms with Crippen molar-refractivity contribution in [3.63, 3.8) is 0 Å². The van der Waals surface area contributed by atoms with Gasteiger partial charge in [0.1, 0.15) is 6.54 Å². The lowest BCUT2D eigenvalue weighted by Crippen LogP contribution is -2.39. The van der Waals surface area contributed by atoms with Gasteiger partial charge >= 0.3 is 5.69 Å². The van der Waals surface area contributed by atoms with Crippen LogP contribution in [0.15, 0.2) is 15.9 Å². The number of hydrogen-bond donors (Lipinski definition) is 0. The third-order valence-electron chi connectivity index (χ3n) is 5.11. The molecule has 2 aromatic rings. The molecule has 9 heteroatoms. The molecule has 1 aliphatic heterocycles. The van der Waals surface area contributed by atoms with Crippen molar-refractivity contribution >= 4 is 17.1 Å². The van der Waals surface area contributed by atoms with Crippen LogP contribution >= 0.6 is 0 Å². The molecule has 0 spiro atoms. The lowest BCUT2D eigenvalue weighted by molar-refractivity contribution is -0.130. The van der Waals surface area contributed by atoms with Gasteiger partial charge in [-0.05, 0) is 20.0 Å². The molecule has 0 N–H and O–H groups in total. The Morgan fingerprint density at radius 2 is 1.92 bits per heavy atom. The number of aromatic nitrogens is 4. The summed E-state index contributed by atoms with van der Waals surface area (Å²) in [4.78, 5) is 45.2. The van der Waals surface area contributed by atoms with Gasteiger partial charge in [-0.25, -0.2) is 9.78 Å². The van der Waals surface area contributed by atoms with Gasteiger partial charge in [0.25, 0.3) is 5.56 Å². The van der Waals surface area contributed by atoms with Crippen LogP contribution in [0.3, 0.4) is 0 Å². The first-order valence-corrected chi connectivity index (χ1v) is 8.27. The standard InChI is InChI=1S/C16H24N6O3/c1-10-6-21(7-11(10)18(2)3)12(23)8-22-9-17-14-13(22)15(24)20(5)16(25)19(14)4/h9-11H,6-8H2,1-5H3. The Balaban J connectivity index is 1.91. The van der Waals surface area contributed by atoms with Crippen molar-refractivity contribution in [3.8, 4) is 0 Å². The van der Waals surface area contributed by atoms with Crippen molar-refractivity contribution in [2.45, 2.75) is 19.5 Å². The highest BCUT2D eigenvalue weighted by atomic mass is 16.2. The molecule has 3 rings (SSSR count). The molecule has 0 aromatic carbocycles. The van der Waals surface area contributed by atoms with Crippen molar-refractivity contribution in [1.82, 2.24) is 28.5 Å². The van der Waals surface area contributed by atoms with Gasteiger partial charge in [0.05, 0.1) is 6.33 Å². The number of carbonyl (C=O) groups is 1. The summed E-state index contributed by atoms with van der Waals surface area (Å²) in [5.74, 6) is 0.346. The van der Waals surface area contributed by atoms with Gasteiger partial charge in [-0.1, -0.05) is 6.92 Å². The predicted octanol–water partition coefficient (Wildman–Crippen LogP) is -1.16. The van der Waals surface area contributed by atoms with Gasteiger partial charge in [0, 0.05) is 33.2 Å². The summed E-state index contributed by atoms with van der Waals surface area (Å²) in [7, 11) is 7.02. The normalized spacial score (nSPS) is 20.8. The van der Waals surface area contributed by atoms with Crippen LogP contribution < -0.4 is 11.2 Å². The maximum absolute atomic E-state index is 12.7. The minimum Gasteiger partial charge on any atom is -0.339 e. The average Bonchev–Trinajstić information content (AvgIpc) is 3.15. The molecule has 0 aliphatic carbocycles. The first-order chi connectivity index (χ1) is 11.7. The van der Waals surface area contributed by atoms with E-state index in [9.17, 15) is 14.4 Å². The average molecular weight is 348 g/mol. The van der Waals surface area contributed by atoms with Crippen LogP contribution in [0.1, 0.15) is 6.92 Å². The van der Waals surface area contributed by atoms with Gasteiger partial charge in [-0.15, -0.1) is 0 Å². The van der Waals surface area contributed by atoms with E-state index in [2.05, 4.69) is 16.8 Å². The monoisotopic (exact) mass is 348 g/mol. The van der Waals surface area contributed by atoms with E-state index in [1.165, 1.54) is 22.5 Å². The third kappa shape index (κ3) is 2.78. The Kier molecular flexibility index (Phi) is 4.28. The van der Waals surface area contributed by atoms with Crippen LogP contribution in [-0.2, 0) is 25.4 Å². The maximum atomic E-state index is 12.7. The zero-order valence-electron chi connectivity index (χ0n) is 15.3. The van der Waals surface area contributed by atoms with E-state index < -0.39 is 11.2 Å². The summed E-state index contributed by atoms with van der Waals surface area (Å²) in [6.45, 7) is 3.55. The third-order valence-corrected chi connectivity index (χ3v) is 5.11. The van der Waals surface area contributed by atoms with E-state index >= 15 is 0 Å². The van der Waals surface area contributed by atoms with E-state index in [0.29, 0.717) is 30.7 Å². The van der Waals surface area contributed by atoms with Gasteiger partial charge in [-0.2, -0.15) is 0 Å². The first kappa shape index (κ1) is 17.4. The van der Waals surface area contributed by atoms with Gasteiger partial charge in [0.2, 0.25) is 5.91 Å². The topological polar surface area (TPSA) is 85.4 Å². The number of aryl methyl sites for hydroxylation is 1. The quantitative estimate of drug-likeness (QED) is 0.699. The fourth-order valence-corrected chi connectivity index (χ4v) is 3.59. The molecule has 9 nitrogen and oxygen atoms in total. The van der Waals surface area contributed by atoms with Crippen molar-refractivity contribution in [2.24, 2.45) is 20.0 Å². The second-order valence-corrected chi connectivity index (χ2v) is 7.06. The van der Waals surface area contributed by atoms with E-state index in [-0.39, 0.29) is 18.0 Å². The van der Waals surface area contributed by atoms with Crippen LogP contribution in [0.25, 0.3) is 11.2 Å². The molecule has 1 saturated heterocycles. The highest BCUT2D eigenvalue weighted by Gasteiger charge is 2.33. The second kappa shape index (κ2) is 6.14. The highest BCUT2D eigenvalue weighted by Crippen LogP contribution is 2.20. The minimum atomic E-state index is -0.440. The number of imidazole rings is 1. The molecule has 2 aromatic heterocycles. The maximum Gasteiger partial charge on any atom is 0.332 e. The number of likely N-dealkylation sites (N-methyl/N-ethyl adjacent to an activating group) is 1. The summed E-state index contributed by atoms with van der Waals surface area (Å²) < 4.78 is 3.88. The van der Waals surface area contributed by atoms with E-state index in [0.717, 1.165) is 4.57 Å². The summed E-state index contributed by atoms with van der Waals surface area (Å²) in [6.07, 6.45) is 1.45. The molecule has 3 heterocycles. The molecular formula is C16H24N6O3. The van der Waals surface area contributed by atoms with Crippen molar-refractivity contribution < 1.29 is 4.79 Å². The summed E-state index contributed by atoms with van der Waals surface area (Å²) in [5.41, 5.74) is -0.308. The number of rotatable bonds is 3. The van der Waals surface area contributed by atoms with Crippen molar-refractivity contribution in [1.29, 1.82) is 0 Å². The molecule has 1 aliphatic rings. The second-order valence-electron chi connectivity index (χ2n) is 7.06. The molecule has 136 valence electrons. The summed E-state index contributed by atoms with van der Waals surface area (Å²) in [6, 6.07) is 0.331. The summed E-state index contributed by atoms with van der Waals surface area (Å²) in [5, 5.41) is 0.